The molecule has 0 saturated heterocycles. The van der Waals surface area contributed by atoms with Gasteiger partial charge in [0.05, 0.1) is 5.41 Å². The lowest BCUT2D eigenvalue weighted by Crippen LogP contribution is -2.41. The third-order valence-corrected chi connectivity index (χ3v) is 2.80. The van der Waals surface area contributed by atoms with Crippen LogP contribution in [0.3, 0.4) is 0 Å². The molecular formula is C14H20FNO. The number of carbonyl (C=O) groups excluding carboxylic acids is 1. The summed E-state index contributed by atoms with van der Waals surface area (Å²) in [6.07, 6.45) is 0. The van der Waals surface area contributed by atoms with E-state index < -0.39 is 5.41 Å². The highest BCUT2D eigenvalue weighted by Crippen LogP contribution is 2.23. The van der Waals surface area contributed by atoms with Crippen LogP contribution < -0.4 is 5.32 Å². The highest BCUT2D eigenvalue weighted by molar-refractivity contribution is 5.87. The average Bonchev–Trinajstić information content (AvgIpc) is 2.26. The smallest absolute Gasteiger partial charge is 0.230 e. The van der Waals surface area contributed by atoms with Crippen LogP contribution in [0.5, 0.6) is 0 Å². The molecule has 0 bridgehead atoms. The molecule has 1 rings (SSSR count). The Balaban J connectivity index is 2.79. The third-order valence-electron chi connectivity index (χ3n) is 2.80. The number of halogens is 1. The summed E-state index contributed by atoms with van der Waals surface area (Å²) >= 11 is 0. The number of amides is 1. The molecule has 0 heterocycles. The second-order valence-corrected chi connectivity index (χ2v) is 5.24. The summed E-state index contributed by atoms with van der Waals surface area (Å²) in [7, 11) is 0. The molecule has 0 saturated carbocycles. The van der Waals surface area contributed by atoms with Crippen molar-refractivity contribution in [1.29, 1.82) is 0 Å². The lowest BCUT2D eigenvalue weighted by molar-refractivity contribution is -0.125. The molecule has 3 heteroatoms. The Labute approximate surface area is 102 Å². The van der Waals surface area contributed by atoms with Gasteiger partial charge in [0, 0.05) is 6.54 Å². The number of benzene rings is 1. The predicted molar refractivity (Wildman–Crippen MR) is 67.3 cm³/mol. The molecule has 94 valence electrons. The van der Waals surface area contributed by atoms with Crippen LogP contribution in [0.4, 0.5) is 4.39 Å². The Morgan fingerprint density at radius 3 is 2.29 bits per heavy atom. The van der Waals surface area contributed by atoms with Crippen molar-refractivity contribution in [2.75, 3.05) is 6.54 Å². The van der Waals surface area contributed by atoms with Crippen molar-refractivity contribution < 1.29 is 9.18 Å². The first-order valence-electron chi connectivity index (χ1n) is 5.88. The quantitative estimate of drug-likeness (QED) is 0.857. The highest BCUT2D eigenvalue weighted by atomic mass is 19.1. The number of rotatable bonds is 4. The van der Waals surface area contributed by atoms with Crippen molar-refractivity contribution in [3.05, 3.63) is 35.6 Å². The van der Waals surface area contributed by atoms with Gasteiger partial charge in [-0.15, -0.1) is 0 Å². The molecule has 0 spiro atoms. The summed E-state index contributed by atoms with van der Waals surface area (Å²) in [6, 6.07) is 6.08. The van der Waals surface area contributed by atoms with Gasteiger partial charge in [-0.1, -0.05) is 26.0 Å². The van der Waals surface area contributed by atoms with Crippen molar-refractivity contribution in [3.8, 4) is 0 Å². The molecular weight excluding hydrogens is 217 g/mol. The van der Waals surface area contributed by atoms with Crippen LogP contribution >= 0.6 is 0 Å². The van der Waals surface area contributed by atoms with E-state index in [2.05, 4.69) is 5.32 Å². The van der Waals surface area contributed by atoms with Crippen LogP contribution in [0.15, 0.2) is 24.3 Å². The monoisotopic (exact) mass is 237 g/mol. The van der Waals surface area contributed by atoms with Crippen LogP contribution in [0.25, 0.3) is 0 Å². The number of hydrogen-bond acceptors (Lipinski definition) is 1. The fourth-order valence-electron chi connectivity index (χ4n) is 1.52. The Morgan fingerprint density at radius 1 is 1.29 bits per heavy atom. The topological polar surface area (TPSA) is 29.1 Å². The second-order valence-electron chi connectivity index (χ2n) is 5.24. The molecule has 0 fully saturated rings. The molecule has 2 nitrogen and oxygen atoms in total. The van der Waals surface area contributed by atoms with Gasteiger partial charge in [-0.3, -0.25) is 4.79 Å². The largest absolute Gasteiger partial charge is 0.355 e. The third kappa shape index (κ3) is 3.55. The summed E-state index contributed by atoms with van der Waals surface area (Å²) in [5, 5.41) is 2.90. The normalized spacial score (nSPS) is 11.6. The average molecular weight is 237 g/mol. The molecule has 1 amide bonds. The zero-order valence-corrected chi connectivity index (χ0v) is 10.9. The minimum atomic E-state index is -0.636. The van der Waals surface area contributed by atoms with E-state index in [0.717, 1.165) is 5.56 Å². The standard InChI is InChI=1S/C14H20FNO/c1-10(2)9-16-13(17)14(3,4)11-5-7-12(15)8-6-11/h5-8,10H,9H2,1-4H3,(H,16,17). The van der Waals surface area contributed by atoms with E-state index in [1.807, 2.05) is 27.7 Å². The van der Waals surface area contributed by atoms with Crippen molar-refractivity contribution >= 4 is 5.91 Å². The molecule has 1 aromatic carbocycles. The Kier molecular flexibility index (Phi) is 4.27. The van der Waals surface area contributed by atoms with Gasteiger partial charge >= 0.3 is 0 Å². The van der Waals surface area contributed by atoms with Crippen molar-refractivity contribution in [2.45, 2.75) is 33.1 Å². The van der Waals surface area contributed by atoms with Crippen LogP contribution in [0.1, 0.15) is 33.3 Å². The molecule has 0 aromatic heterocycles. The summed E-state index contributed by atoms with van der Waals surface area (Å²) in [6.45, 7) is 8.44. The Hall–Kier alpha value is -1.38. The molecule has 1 N–H and O–H groups in total. The van der Waals surface area contributed by atoms with Crippen molar-refractivity contribution in [1.82, 2.24) is 5.32 Å². The first-order valence-corrected chi connectivity index (χ1v) is 5.88. The van der Waals surface area contributed by atoms with Crippen LogP contribution in [0.2, 0.25) is 0 Å². The van der Waals surface area contributed by atoms with Gasteiger partial charge in [0.15, 0.2) is 0 Å². The first-order chi connectivity index (χ1) is 7.84. The fourth-order valence-corrected chi connectivity index (χ4v) is 1.52. The van der Waals surface area contributed by atoms with E-state index in [1.165, 1.54) is 12.1 Å². The lowest BCUT2D eigenvalue weighted by Gasteiger charge is -2.24. The highest BCUT2D eigenvalue weighted by Gasteiger charge is 2.29. The zero-order valence-electron chi connectivity index (χ0n) is 10.9. The van der Waals surface area contributed by atoms with E-state index in [4.69, 9.17) is 0 Å². The van der Waals surface area contributed by atoms with Crippen molar-refractivity contribution in [3.63, 3.8) is 0 Å². The number of nitrogens with one attached hydrogen (secondary N) is 1. The minimum absolute atomic E-state index is 0.0298. The zero-order chi connectivity index (χ0) is 13.1. The maximum absolute atomic E-state index is 12.8. The molecule has 17 heavy (non-hydrogen) atoms. The SMILES string of the molecule is CC(C)CNC(=O)C(C)(C)c1ccc(F)cc1. The number of carbonyl (C=O) groups is 1. The molecule has 0 aliphatic heterocycles. The molecule has 0 atom stereocenters. The summed E-state index contributed by atoms with van der Waals surface area (Å²) < 4.78 is 12.8. The van der Waals surface area contributed by atoms with E-state index in [9.17, 15) is 9.18 Å². The van der Waals surface area contributed by atoms with E-state index in [0.29, 0.717) is 12.5 Å². The van der Waals surface area contributed by atoms with Gasteiger partial charge in [-0.05, 0) is 37.5 Å². The van der Waals surface area contributed by atoms with Crippen LogP contribution in [0, 0.1) is 11.7 Å². The molecule has 0 aliphatic rings. The van der Waals surface area contributed by atoms with Gasteiger partial charge in [0.25, 0.3) is 0 Å². The lowest BCUT2D eigenvalue weighted by atomic mass is 9.83. The summed E-state index contributed by atoms with van der Waals surface area (Å²) in [5.41, 5.74) is 0.183. The van der Waals surface area contributed by atoms with Gasteiger partial charge in [-0.25, -0.2) is 4.39 Å². The molecule has 0 aliphatic carbocycles. The van der Waals surface area contributed by atoms with Crippen LogP contribution in [-0.4, -0.2) is 12.5 Å². The summed E-state index contributed by atoms with van der Waals surface area (Å²) in [4.78, 5) is 12.0. The Morgan fingerprint density at radius 2 is 1.82 bits per heavy atom. The maximum Gasteiger partial charge on any atom is 0.230 e. The van der Waals surface area contributed by atoms with Gasteiger partial charge in [-0.2, -0.15) is 0 Å². The molecule has 0 unspecified atom stereocenters. The van der Waals surface area contributed by atoms with Gasteiger partial charge < -0.3 is 5.32 Å². The Bertz CT molecular complexity index is 382. The minimum Gasteiger partial charge on any atom is -0.355 e. The van der Waals surface area contributed by atoms with Gasteiger partial charge in [0.1, 0.15) is 5.82 Å². The molecule has 1 aromatic rings. The fraction of sp³-hybridized carbons (Fsp3) is 0.500. The van der Waals surface area contributed by atoms with Crippen molar-refractivity contribution in [2.24, 2.45) is 5.92 Å². The van der Waals surface area contributed by atoms with E-state index in [-0.39, 0.29) is 11.7 Å². The maximum atomic E-state index is 12.8. The molecule has 0 radical (unpaired) electrons. The number of hydrogen-bond donors (Lipinski definition) is 1. The summed E-state index contributed by atoms with van der Waals surface area (Å²) in [5.74, 6) is 0.105. The van der Waals surface area contributed by atoms with E-state index in [1.54, 1.807) is 12.1 Å². The van der Waals surface area contributed by atoms with E-state index >= 15 is 0 Å². The van der Waals surface area contributed by atoms with Crippen LogP contribution in [-0.2, 0) is 10.2 Å². The first kappa shape index (κ1) is 13.7. The van der Waals surface area contributed by atoms with Gasteiger partial charge in [0.2, 0.25) is 5.91 Å². The second kappa shape index (κ2) is 5.30. The predicted octanol–water partition coefficient (Wildman–Crippen LogP) is 2.88.